The summed E-state index contributed by atoms with van der Waals surface area (Å²) in [5.74, 6) is 2.69. The first-order valence-electron chi connectivity index (χ1n) is 11.5. The van der Waals surface area contributed by atoms with Crippen LogP contribution in [0, 0.1) is 5.92 Å². The summed E-state index contributed by atoms with van der Waals surface area (Å²) in [7, 11) is 0. The van der Waals surface area contributed by atoms with Crippen LogP contribution in [0.2, 0.25) is 0 Å². The average Bonchev–Trinajstić information content (AvgIpc) is 3.58. The molecule has 0 spiro atoms. The summed E-state index contributed by atoms with van der Waals surface area (Å²) in [5.41, 5.74) is 2.71. The number of nitrogens with one attached hydrogen (secondary N) is 1. The quantitative estimate of drug-likeness (QED) is 0.546. The lowest BCUT2D eigenvalue weighted by molar-refractivity contribution is -0.116. The lowest BCUT2D eigenvalue weighted by atomic mass is 10.0. The molecule has 0 unspecified atom stereocenters. The molecule has 1 aromatic carbocycles. The number of nitrogens with zero attached hydrogens (tertiary/aromatic N) is 1. The largest absolute Gasteiger partial charge is 0.461 e. The number of anilines is 1. The molecule has 1 aliphatic heterocycles. The van der Waals surface area contributed by atoms with E-state index in [1.54, 1.807) is 17.0 Å². The Balaban J connectivity index is 1.24. The Hall–Kier alpha value is -3.28. The minimum Gasteiger partial charge on any atom is -0.461 e. The van der Waals surface area contributed by atoms with Crippen LogP contribution < -0.4 is 5.32 Å². The van der Waals surface area contributed by atoms with Gasteiger partial charge >= 0.3 is 0 Å². The van der Waals surface area contributed by atoms with E-state index in [9.17, 15) is 9.59 Å². The van der Waals surface area contributed by atoms with Crippen LogP contribution in [0.25, 0.3) is 11.3 Å². The molecule has 32 heavy (non-hydrogen) atoms. The van der Waals surface area contributed by atoms with E-state index in [1.807, 2.05) is 30.3 Å². The summed E-state index contributed by atoms with van der Waals surface area (Å²) in [6.07, 6.45) is 8.85. The van der Waals surface area contributed by atoms with Gasteiger partial charge in [-0.05, 0) is 42.7 Å². The second-order valence-corrected chi connectivity index (χ2v) is 8.83. The van der Waals surface area contributed by atoms with E-state index < -0.39 is 0 Å². The van der Waals surface area contributed by atoms with Gasteiger partial charge in [0.1, 0.15) is 11.5 Å². The highest BCUT2D eigenvalue weighted by Gasteiger charge is 2.26. The van der Waals surface area contributed by atoms with Crippen LogP contribution >= 0.6 is 0 Å². The number of fused-ring (bicyclic) bond motifs is 1. The Morgan fingerprint density at radius 2 is 1.97 bits per heavy atom. The predicted octanol–water partition coefficient (Wildman–Crippen LogP) is 5.65. The van der Waals surface area contributed by atoms with Crippen LogP contribution in [-0.2, 0) is 17.8 Å². The Kier molecular flexibility index (Phi) is 5.84. The van der Waals surface area contributed by atoms with E-state index in [-0.39, 0.29) is 11.8 Å². The molecule has 1 aliphatic carbocycles. The third-order valence-electron chi connectivity index (χ3n) is 6.57. The molecule has 0 bridgehead atoms. The zero-order valence-electron chi connectivity index (χ0n) is 18.1. The third kappa shape index (κ3) is 4.49. The second kappa shape index (κ2) is 9.07. The maximum Gasteiger partial charge on any atom is 0.289 e. The maximum absolute atomic E-state index is 12.6. The van der Waals surface area contributed by atoms with E-state index in [0.717, 1.165) is 34.8 Å². The zero-order valence-corrected chi connectivity index (χ0v) is 18.1. The topological polar surface area (TPSA) is 75.7 Å². The minimum atomic E-state index is -0.106. The summed E-state index contributed by atoms with van der Waals surface area (Å²) >= 11 is 0. The number of rotatable bonds is 6. The van der Waals surface area contributed by atoms with E-state index in [2.05, 4.69) is 5.32 Å². The number of carbonyl (C=O) groups is 2. The number of benzene rings is 1. The highest BCUT2D eigenvalue weighted by Crippen LogP contribution is 2.32. The monoisotopic (exact) mass is 432 g/mol. The maximum atomic E-state index is 12.6. The second-order valence-electron chi connectivity index (χ2n) is 8.83. The SMILES string of the molecule is O=C(CCC1CCCC1)Nc1cccc(-c2cc3c(o2)CCN(C(=O)c2ccco2)C3)c1. The molecular formula is C26H28N2O4. The molecule has 2 aliphatic rings. The number of carbonyl (C=O) groups excluding carboxylic acids is 2. The van der Waals surface area contributed by atoms with Gasteiger partial charge in [0.25, 0.3) is 5.91 Å². The minimum absolute atomic E-state index is 0.0693. The Labute approximate surface area is 187 Å². The molecule has 3 heterocycles. The van der Waals surface area contributed by atoms with Gasteiger partial charge < -0.3 is 19.1 Å². The van der Waals surface area contributed by atoms with Gasteiger partial charge in [0.2, 0.25) is 5.91 Å². The van der Waals surface area contributed by atoms with Gasteiger partial charge in [-0.15, -0.1) is 0 Å². The van der Waals surface area contributed by atoms with Crippen LogP contribution in [0.5, 0.6) is 0 Å². The van der Waals surface area contributed by atoms with Crippen molar-refractivity contribution in [3.63, 3.8) is 0 Å². The van der Waals surface area contributed by atoms with Crippen molar-refractivity contribution < 1.29 is 18.4 Å². The number of hydrogen-bond donors (Lipinski definition) is 1. The highest BCUT2D eigenvalue weighted by atomic mass is 16.3. The third-order valence-corrected chi connectivity index (χ3v) is 6.57. The van der Waals surface area contributed by atoms with Crippen molar-refractivity contribution >= 4 is 17.5 Å². The van der Waals surface area contributed by atoms with Crippen LogP contribution in [0.15, 0.2) is 57.6 Å². The van der Waals surface area contributed by atoms with E-state index in [1.165, 1.54) is 31.9 Å². The molecule has 0 saturated heterocycles. The molecule has 0 atom stereocenters. The van der Waals surface area contributed by atoms with Gasteiger partial charge in [-0.2, -0.15) is 0 Å². The van der Waals surface area contributed by atoms with E-state index >= 15 is 0 Å². The molecule has 1 fully saturated rings. The van der Waals surface area contributed by atoms with Gasteiger partial charge in [-0.1, -0.05) is 37.8 Å². The summed E-state index contributed by atoms with van der Waals surface area (Å²) in [5, 5.41) is 3.03. The summed E-state index contributed by atoms with van der Waals surface area (Å²) in [6, 6.07) is 13.2. The summed E-state index contributed by atoms with van der Waals surface area (Å²) in [6.45, 7) is 1.09. The molecule has 5 rings (SSSR count). The Bertz CT molecular complexity index is 1090. The first-order valence-corrected chi connectivity index (χ1v) is 11.5. The summed E-state index contributed by atoms with van der Waals surface area (Å²) < 4.78 is 11.4. The average molecular weight is 433 g/mol. The lowest BCUT2D eigenvalue weighted by Crippen LogP contribution is -2.35. The van der Waals surface area contributed by atoms with Crippen LogP contribution in [0.1, 0.15) is 60.4 Å². The fourth-order valence-electron chi connectivity index (χ4n) is 4.81. The van der Waals surface area contributed by atoms with Crippen molar-refractivity contribution in [3.8, 4) is 11.3 Å². The van der Waals surface area contributed by atoms with Crippen molar-refractivity contribution in [1.29, 1.82) is 0 Å². The highest BCUT2D eigenvalue weighted by molar-refractivity contribution is 5.92. The fraction of sp³-hybridized carbons (Fsp3) is 0.385. The molecule has 1 N–H and O–H groups in total. The molecule has 6 nitrogen and oxygen atoms in total. The molecule has 6 heteroatoms. The van der Waals surface area contributed by atoms with E-state index in [0.29, 0.717) is 37.6 Å². The normalized spacial score (nSPS) is 16.2. The fourth-order valence-corrected chi connectivity index (χ4v) is 4.81. The molecule has 3 aromatic rings. The molecular weight excluding hydrogens is 404 g/mol. The van der Waals surface area contributed by atoms with Gasteiger partial charge in [-0.25, -0.2) is 0 Å². The van der Waals surface area contributed by atoms with Gasteiger partial charge in [0.05, 0.1) is 6.26 Å². The number of hydrogen-bond acceptors (Lipinski definition) is 4. The number of furan rings is 2. The summed E-state index contributed by atoms with van der Waals surface area (Å²) in [4.78, 5) is 26.8. The van der Waals surface area contributed by atoms with Crippen LogP contribution in [0.3, 0.4) is 0 Å². The molecule has 0 radical (unpaired) electrons. The van der Waals surface area contributed by atoms with Crippen molar-refractivity contribution in [2.24, 2.45) is 5.92 Å². The first-order chi connectivity index (χ1) is 15.7. The van der Waals surface area contributed by atoms with E-state index in [4.69, 9.17) is 8.83 Å². The number of amides is 2. The van der Waals surface area contributed by atoms with Crippen molar-refractivity contribution in [2.45, 2.75) is 51.5 Å². The van der Waals surface area contributed by atoms with Gasteiger partial charge in [-0.3, -0.25) is 9.59 Å². The van der Waals surface area contributed by atoms with Crippen LogP contribution in [0.4, 0.5) is 5.69 Å². The smallest absolute Gasteiger partial charge is 0.289 e. The van der Waals surface area contributed by atoms with Gasteiger partial charge in [0, 0.05) is 42.7 Å². The van der Waals surface area contributed by atoms with Crippen molar-refractivity contribution in [3.05, 3.63) is 65.8 Å². The van der Waals surface area contributed by atoms with Crippen molar-refractivity contribution in [1.82, 2.24) is 4.90 Å². The van der Waals surface area contributed by atoms with Crippen LogP contribution in [-0.4, -0.2) is 23.3 Å². The first kappa shape index (κ1) is 20.6. The van der Waals surface area contributed by atoms with Gasteiger partial charge in [0.15, 0.2) is 5.76 Å². The molecule has 2 aromatic heterocycles. The lowest BCUT2D eigenvalue weighted by Gasteiger charge is -2.25. The molecule has 166 valence electrons. The zero-order chi connectivity index (χ0) is 21.9. The molecule has 2 amide bonds. The molecule has 1 saturated carbocycles. The Morgan fingerprint density at radius 3 is 2.78 bits per heavy atom. The Morgan fingerprint density at radius 1 is 1.09 bits per heavy atom. The van der Waals surface area contributed by atoms with Crippen molar-refractivity contribution in [2.75, 3.05) is 11.9 Å². The standard InChI is InChI=1S/C26H28N2O4/c29-25(11-10-18-5-1-2-6-18)27-21-8-3-7-19(15-21)24-16-20-17-28(13-12-22(20)32-24)26(30)23-9-4-14-31-23/h3-4,7-9,14-16,18H,1-2,5-6,10-13,17H2,(H,27,29). The predicted molar refractivity (Wildman–Crippen MR) is 121 cm³/mol.